The Balaban J connectivity index is 2.10. The minimum absolute atomic E-state index is 0.0734. The fraction of sp³-hybridized carbons (Fsp3) is 0.600. The normalized spacial score (nSPS) is 23.3. The lowest BCUT2D eigenvalue weighted by molar-refractivity contribution is -0.00188. The number of ether oxygens (including phenoxy) is 1. The first-order valence-corrected chi connectivity index (χ1v) is 6.85. The Morgan fingerprint density at radius 1 is 1.42 bits per heavy atom. The molecule has 19 heavy (non-hydrogen) atoms. The van der Waals surface area contributed by atoms with Gasteiger partial charge in [-0.25, -0.2) is 4.39 Å². The monoisotopic (exact) mass is 266 g/mol. The molecule has 106 valence electrons. The van der Waals surface area contributed by atoms with E-state index in [4.69, 9.17) is 4.74 Å². The Morgan fingerprint density at radius 3 is 2.84 bits per heavy atom. The number of halogens is 1. The van der Waals surface area contributed by atoms with E-state index in [2.05, 4.69) is 5.32 Å². The smallest absolute Gasteiger partial charge is 0.146 e. The van der Waals surface area contributed by atoms with Gasteiger partial charge >= 0.3 is 0 Å². The van der Waals surface area contributed by atoms with Gasteiger partial charge in [0, 0.05) is 32.2 Å². The molecule has 0 amide bonds. The first kappa shape index (κ1) is 14.3. The maximum Gasteiger partial charge on any atom is 0.146 e. The van der Waals surface area contributed by atoms with Gasteiger partial charge in [-0.15, -0.1) is 0 Å². The van der Waals surface area contributed by atoms with E-state index in [1.165, 1.54) is 6.07 Å². The van der Waals surface area contributed by atoms with Gasteiger partial charge in [0.2, 0.25) is 0 Å². The molecule has 1 aliphatic rings. The molecule has 3 nitrogen and oxygen atoms in total. The molecule has 0 spiro atoms. The van der Waals surface area contributed by atoms with Gasteiger partial charge in [0.25, 0.3) is 0 Å². The summed E-state index contributed by atoms with van der Waals surface area (Å²) in [5.74, 6) is -0.165. The molecule has 1 atom stereocenters. The van der Waals surface area contributed by atoms with Gasteiger partial charge < -0.3 is 15.0 Å². The third kappa shape index (κ3) is 3.45. The Labute approximate surface area is 114 Å². The van der Waals surface area contributed by atoms with Crippen molar-refractivity contribution in [2.24, 2.45) is 5.41 Å². The van der Waals surface area contributed by atoms with Crippen LogP contribution in [0.25, 0.3) is 0 Å². The summed E-state index contributed by atoms with van der Waals surface area (Å²) in [6, 6.07) is 6.93. The van der Waals surface area contributed by atoms with Crippen LogP contribution in [0, 0.1) is 11.2 Å². The summed E-state index contributed by atoms with van der Waals surface area (Å²) in [4.78, 5) is 2.00. The first-order valence-electron chi connectivity index (χ1n) is 6.85. The summed E-state index contributed by atoms with van der Waals surface area (Å²) in [6.07, 6.45) is 2.19. The maximum atomic E-state index is 13.8. The first-order chi connectivity index (χ1) is 9.17. The predicted octanol–water partition coefficient (Wildman–Crippen LogP) is 2.28. The molecule has 0 saturated carbocycles. The number of nitrogens with one attached hydrogen (secondary N) is 1. The van der Waals surface area contributed by atoms with Gasteiger partial charge in [0.1, 0.15) is 5.82 Å². The van der Waals surface area contributed by atoms with Crippen LogP contribution >= 0.6 is 0 Å². The van der Waals surface area contributed by atoms with Crippen LogP contribution in [0.3, 0.4) is 0 Å². The van der Waals surface area contributed by atoms with E-state index in [9.17, 15) is 4.39 Å². The van der Waals surface area contributed by atoms with Crippen LogP contribution in [-0.4, -0.2) is 40.4 Å². The van der Waals surface area contributed by atoms with E-state index in [-0.39, 0.29) is 11.2 Å². The van der Waals surface area contributed by atoms with E-state index >= 15 is 0 Å². The van der Waals surface area contributed by atoms with E-state index in [0.717, 1.165) is 39.1 Å². The van der Waals surface area contributed by atoms with Crippen LogP contribution in [0.5, 0.6) is 0 Å². The number of para-hydroxylation sites is 1. The van der Waals surface area contributed by atoms with Gasteiger partial charge in [-0.3, -0.25) is 0 Å². The second-order valence-electron chi connectivity index (χ2n) is 5.49. The molecule has 1 heterocycles. The van der Waals surface area contributed by atoms with E-state index in [1.807, 2.05) is 31.1 Å². The molecule has 1 aliphatic heterocycles. The molecule has 0 bridgehead atoms. The van der Waals surface area contributed by atoms with Gasteiger partial charge in [0.15, 0.2) is 0 Å². The largest absolute Gasteiger partial charge is 0.381 e. The lowest BCUT2D eigenvalue weighted by atomic mass is 9.81. The molecule has 1 unspecified atom stereocenters. The van der Waals surface area contributed by atoms with Crippen molar-refractivity contribution in [3.05, 3.63) is 30.1 Å². The lowest BCUT2D eigenvalue weighted by Crippen LogP contribution is -2.47. The van der Waals surface area contributed by atoms with E-state index in [0.29, 0.717) is 5.69 Å². The SMILES string of the molecule is CNCC1(CN(C)c2ccccc2F)CCCOC1. The molecule has 1 saturated heterocycles. The van der Waals surface area contributed by atoms with Crippen molar-refractivity contribution in [2.45, 2.75) is 12.8 Å². The second kappa shape index (κ2) is 6.35. The van der Waals surface area contributed by atoms with Crippen LogP contribution in [0.2, 0.25) is 0 Å². The van der Waals surface area contributed by atoms with E-state index in [1.54, 1.807) is 6.07 Å². The molecule has 1 fully saturated rings. The number of benzene rings is 1. The fourth-order valence-electron chi connectivity index (χ4n) is 2.95. The molecule has 2 rings (SSSR count). The van der Waals surface area contributed by atoms with Crippen LogP contribution in [0.15, 0.2) is 24.3 Å². The fourth-order valence-corrected chi connectivity index (χ4v) is 2.95. The van der Waals surface area contributed by atoms with Crippen molar-refractivity contribution in [3.63, 3.8) is 0 Å². The van der Waals surface area contributed by atoms with Crippen molar-refractivity contribution in [2.75, 3.05) is 45.3 Å². The summed E-state index contributed by atoms with van der Waals surface area (Å²) in [5, 5.41) is 3.25. The highest BCUT2D eigenvalue weighted by Gasteiger charge is 2.34. The zero-order valence-electron chi connectivity index (χ0n) is 11.8. The Hall–Kier alpha value is -1.13. The maximum absolute atomic E-state index is 13.8. The zero-order chi connectivity index (χ0) is 13.7. The summed E-state index contributed by atoms with van der Waals surface area (Å²) in [5.41, 5.74) is 0.730. The molecular formula is C15H23FN2O. The van der Waals surface area contributed by atoms with Crippen LogP contribution in [0.1, 0.15) is 12.8 Å². The molecule has 1 aromatic rings. The Kier molecular flexibility index (Phi) is 4.77. The van der Waals surface area contributed by atoms with Crippen LogP contribution in [0.4, 0.5) is 10.1 Å². The molecule has 0 aromatic heterocycles. The number of nitrogens with zero attached hydrogens (tertiary/aromatic N) is 1. The lowest BCUT2D eigenvalue weighted by Gasteiger charge is -2.40. The summed E-state index contributed by atoms with van der Waals surface area (Å²) >= 11 is 0. The number of hydrogen-bond acceptors (Lipinski definition) is 3. The quantitative estimate of drug-likeness (QED) is 0.885. The predicted molar refractivity (Wildman–Crippen MR) is 76.1 cm³/mol. The third-order valence-corrected chi connectivity index (χ3v) is 3.79. The second-order valence-corrected chi connectivity index (χ2v) is 5.49. The van der Waals surface area contributed by atoms with Crippen molar-refractivity contribution in [1.29, 1.82) is 0 Å². The number of rotatable bonds is 5. The van der Waals surface area contributed by atoms with Crippen molar-refractivity contribution in [3.8, 4) is 0 Å². The van der Waals surface area contributed by atoms with Gasteiger partial charge in [0.05, 0.1) is 12.3 Å². The minimum atomic E-state index is -0.165. The average molecular weight is 266 g/mol. The summed E-state index contributed by atoms with van der Waals surface area (Å²) < 4.78 is 19.5. The van der Waals surface area contributed by atoms with Crippen molar-refractivity contribution >= 4 is 5.69 Å². The number of anilines is 1. The van der Waals surface area contributed by atoms with Gasteiger partial charge in [-0.1, -0.05) is 12.1 Å². The molecule has 1 aromatic carbocycles. The molecule has 1 N–H and O–H groups in total. The van der Waals surface area contributed by atoms with Crippen molar-refractivity contribution in [1.82, 2.24) is 5.32 Å². The molecular weight excluding hydrogens is 243 g/mol. The average Bonchev–Trinajstić information content (AvgIpc) is 2.40. The van der Waals surface area contributed by atoms with Gasteiger partial charge in [-0.2, -0.15) is 0 Å². The molecule has 4 heteroatoms. The van der Waals surface area contributed by atoms with Crippen molar-refractivity contribution < 1.29 is 9.13 Å². The molecule has 0 aliphatic carbocycles. The molecule has 0 radical (unpaired) electrons. The van der Waals surface area contributed by atoms with E-state index < -0.39 is 0 Å². The highest BCUT2D eigenvalue weighted by Crippen LogP contribution is 2.31. The summed E-state index contributed by atoms with van der Waals surface area (Å²) in [6.45, 7) is 3.28. The zero-order valence-corrected chi connectivity index (χ0v) is 11.8. The van der Waals surface area contributed by atoms with Crippen LogP contribution < -0.4 is 10.2 Å². The topological polar surface area (TPSA) is 24.5 Å². The highest BCUT2D eigenvalue weighted by molar-refractivity contribution is 5.47. The van der Waals surface area contributed by atoms with Gasteiger partial charge in [-0.05, 0) is 32.0 Å². The Morgan fingerprint density at radius 2 is 2.21 bits per heavy atom. The third-order valence-electron chi connectivity index (χ3n) is 3.79. The highest BCUT2D eigenvalue weighted by atomic mass is 19.1. The standard InChI is InChI=1S/C15H23FN2O/c1-17-10-15(8-5-9-19-12-15)11-18(2)14-7-4-3-6-13(14)16/h3-4,6-7,17H,5,8-12H2,1-2H3. The Bertz CT molecular complexity index is 399. The summed E-state index contributed by atoms with van der Waals surface area (Å²) in [7, 11) is 3.91. The minimum Gasteiger partial charge on any atom is -0.381 e. The number of hydrogen-bond donors (Lipinski definition) is 1. The van der Waals surface area contributed by atoms with Crippen LogP contribution in [-0.2, 0) is 4.74 Å².